The van der Waals surface area contributed by atoms with Gasteiger partial charge in [-0.25, -0.2) is 14.4 Å². The Morgan fingerprint density at radius 1 is 1.31 bits per heavy atom. The zero-order chi connectivity index (χ0) is 27.4. The van der Waals surface area contributed by atoms with Crippen molar-refractivity contribution < 1.29 is 18.7 Å². The van der Waals surface area contributed by atoms with Crippen LogP contribution in [0, 0.1) is 11.7 Å². The number of thiophene rings is 1. The van der Waals surface area contributed by atoms with E-state index in [9.17, 15) is 14.0 Å². The minimum atomic E-state index is -0.476. The lowest BCUT2D eigenvalue weighted by molar-refractivity contribution is -0.144. The molecule has 1 atom stereocenters. The molecule has 2 aromatic heterocycles. The molecule has 2 aliphatic heterocycles. The van der Waals surface area contributed by atoms with Gasteiger partial charge in [-0.15, -0.1) is 11.3 Å². The van der Waals surface area contributed by atoms with Crippen LogP contribution in [0.25, 0.3) is 10.2 Å². The summed E-state index contributed by atoms with van der Waals surface area (Å²) < 4.78 is 18.7. The van der Waals surface area contributed by atoms with E-state index in [1.807, 2.05) is 17.9 Å². The number of aromatic nitrogens is 2. The van der Waals surface area contributed by atoms with E-state index in [-0.39, 0.29) is 16.9 Å². The average Bonchev–Trinajstić information content (AvgIpc) is 3.30. The van der Waals surface area contributed by atoms with Crippen LogP contribution < -0.4 is 5.32 Å². The van der Waals surface area contributed by atoms with Gasteiger partial charge in [0.1, 0.15) is 22.8 Å². The Labute approximate surface area is 235 Å². The number of rotatable bonds is 8. The maximum absolute atomic E-state index is 13.6. The van der Waals surface area contributed by atoms with Gasteiger partial charge in [-0.3, -0.25) is 14.5 Å². The first kappa shape index (κ1) is 27.5. The zero-order valence-corrected chi connectivity index (χ0v) is 23.4. The predicted octanol–water partition coefficient (Wildman–Crippen LogP) is 5.33. The molecule has 2 aliphatic rings. The second-order valence-electron chi connectivity index (χ2n) is 9.85. The summed E-state index contributed by atoms with van der Waals surface area (Å²) in [4.78, 5) is 39.8. The maximum Gasteiger partial charge on any atom is 0.306 e. The van der Waals surface area contributed by atoms with Gasteiger partial charge in [-0.1, -0.05) is 17.7 Å². The number of benzene rings is 1. The Morgan fingerprint density at radius 2 is 2.18 bits per heavy atom. The molecular weight excluding hydrogens is 541 g/mol. The van der Waals surface area contributed by atoms with Gasteiger partial charge in [0.2, 0.25) is 5.91 Å². The second-order valence-corrected chi connectivity index (χ2v) is 11.3. The van der Waals surface area contributed by atoms with Crippen molar-refractivity contribution >= 4 is 56.5 Å². The van der Waals surface area contributed by atoms with Crippen molar-refractivity contribution in [2.24, 2.45) is 5.92 Å². The van der Waals surface area contributed by atoms with E-state index in [0.717, 1.165) is 46.6 Å². The van der Waals surface area contributed by atoms with E-state index in [2.05, 4.69) is 20.2 Å². The van der Waals surface area contributed by atoms with Crippen LogP contribution in [0.5, 0.6) is 0 Å². The van der Waals surface area contributed by atoms with E-state index in [1.165, 1.54) is 18.5 Å². The number of ether oxygens (including phenoxy) is 1. The van der Waals surface area contributed by atoms with Crippen LogP contribution >= 0.6 is 22.9 Å². The Bertz CT molecular complexity index is 1400. The zero-order valence-electron chi connectivity index (χ0n) is 21.8. The van der Waals surface area contributed by atoms with Crippen LogP contribution in [0.4, 0.5) is 15.9 Å². The molecule has 1 aromatic carbocycles. The minimum absolute atomic E-state index is 0.0106. The molecular formula is C28H31ClFN5O3S. The Balaban J connectivity index is 1.21. The van der Waals surface area contributed by atoms with Gasteiger partial charge in [-0.2, -0.15) is 0 Å². The lowest BCUT2D eigenvalue weighted by atomic mass is 9.95. The van der Waals surface area contributed by atoms with E-state index in [1.54, 1.807) is 23.5 Å². The number of halogens is 2. The normalized spacial score (nSPS) is 17.9. The number of carbonyl (C=O) groups is 2. The number of likely N-dealkylation sites (tertiary alicyclic amines) is 1. The van der Waals surface area contributed by atoms with Crippen LogP contribution in [0.1, 0.15) is 36.6 Å². The molecule has 206 valence electrons. The smallest absolute Gasteiger partial charge is 0.306 e. The van der Waals surface area contributed by atoms with Gasteiger partial charge in [0.05, 0.1) is 23.6 Å². The number of fused-ring (bicyclic) bond motifs is 3. The average molecular weight is 572 g/mol. The lowest BCUT2D eigenvalue weighted by Crippen LogP contribution is -2.37. The lowest BCUT2D eigenvalue weighted by Gasteiger charge is -2.31. The van der Waals surface area contributed by atoms with Gasteiger partial charge in [0, 0.05) is 42.7 Å². The number of nitrogens with zero attached hydrogens (tertiary/aromatic N) is 4. The predicted molar refractivity (Wildman–Crippen MR) is 151 cm³/mol. The highest BCUT2D eigenvalue weighted by molar-refractivity contribution is 7.19. The third-order valence-electron chi connectivity index (χ3n) is 7.12. The summed E-state index contributed by atoms with van der Waals surface area (Å²) in [5, 5.41) is 4.22. The summed E-state index contributed by atoms with van der Waals surface area (Å²) in [7, 11) is 0. The Hall–Kier alpha value is -3.08. The molecule has 1 N–H and O–H groups in total. The van der Waals surface area contributed by atoms with Crippen molar-refractivity contribution in [1.82, 2.24) is 19.8 Å². The summed E-state index contributed by atoms with van der Waals surface area (Å²) in [6, 6.07) is 4.46. The highest BCUT2D eigenvalue weighted by atomic mass is 35.5. The molecule has 0 radical (unpaired) electrons. The summed E-state index contributed by atoms with van der Waals surface area (Å²) in [5.74, 6) is 0.328. The number of amides is 1. The number of hydrogen-bond acceptors (Lipinski definition) is 8. The number of esters is 1. The first-order valence-corrected chi connectivity index (χ1v) is 14.4. The molecule has 0 spiro atoms. The first-order valence-electron chi connectivity index (χ1n) is 13.2. The van der Waals surface area contributed by atoms with Crippen molar-refractivity contribution in [3.05, 3.63) is 58.0 Å². The third-order valence-corrected chi connectivity index (χ3v) is 8.53. The van der Waals surface area contributed by atoms with E-state index in [4.69, 9.17) is 16.3 Å². The van der Waals surface area contributed by atoms with Gasteiger partial charge < -0.3 is 15.0 Å². The van der Waals surface area contributed by atoms with Crippen molar-refractivity contribution in [2.75, 3.05) is 38.1 Å². The van der Waals surface area contributed by atoms with Crippen molar-refractivity contribution in [3.63, 3.8) is 0 Å². The fourth-order valence-corrected chi connectivity index (χ4v) is 6.65. The number of hydrogen-bond donors (Lipinski definition) is 1. The van der Waals surface area contributed by atoms with Gasteiger partial charge in [-0.05, 0) is 62.4 Å². The molecule has 1 saturated heterocycles. The molecule has 0 aliphatic carbocycles. The summed E-state index contributed by atoms with van der Waals surface area (Å²) in [5.41, 5.74) is 1.78. The quantitative estimate of drug-likeness (QED) is 0.289. The largest absolute Gasteiger partial charge is 0.466 e. The molecule has 8 nitrogen and oxygen atoms in total. The number of anilines is 2. The monoisotopic (exact) mass is 571 g/mol. The molecule has 4 heterocycles. The summed E-state index contributed by atoms with van der Waals surface area (Å²) in [6.07, 6.45) is 8.32. The van der Waals surface area contributed by atoms with E-state index >= 15 is 0 Å². The maximum atomic E-state index is 13.6. The fourth-order valence-electron chi connectivity index (χ4n) is 5.27. The third kappa shape index (κ3) is 6.57. The fraction of sp³-hybridized carbons (Fsp3) is 0.429. The highest BCUT2D eigenvalue weighted by Crippen LogP contribution is 2.38. The Morgan fingerprint density at radius 3 is 3.00 bits per heavy atom. The summed E-state index contributed by atoms with van der Waals surface area (Å²) in [6.45, 7) is 5.85. The standard InChI is InChI=1S/C28H31ClFN5O3S/c1-2-38-25(37)13-18-5-3-10-34(15-18)11-4-6-24(36)35-12-9-20-23(16-35)39-28-26(20)27(31-17-32-28)33-19-7-8-22(30)21(29)14-19/h4,6-8,14,17-18H,2-3,5,9-13,15-16H2,1H3,(H,31,32,33)/b6-4+. The molecule has 3 aromatic rings. The molecule has 5 rings (SSSR count). The summed E-state index contributed by atoms with van der Waals surface area (Å²) >= 11 is 7.51. The van der Waals surface area contributed by atoms with Crippen LogP contribution in [0.3, 0.4) is 0 Å². The molecule has 39 heavy (non-hydrogen) atoms. The molecule has 1 fully saturated rings. The van der Waals surface area contributed by atoms with Gasteiger partial charge in [0.15, 0.2) is 0 Å². The minimum Gasteiger partial charge on any atom is -0.466 e. The highest BCUT2D eigenvalue weighted by Gasteiger charge is 2.26. The Kier molecular flexibility index (Phi) is 8.74. The van der Waals surface area contributed by atoms with Crippen LogP contribution in [0.15, 0.2) is 36.7 Å². The van der Waals surface area contributed by atoms with Crippen molar-refractivity contribution in [1.29, 1.82) is 0 Å². The van der Waals surface area contributed by atoms with Crippen LogP contribution in [-0.2, 0) is 27.3 Å². The van der Waals surface area contributed by atoms with Crippen molar-refractivity contribution in [2.45, 2.75) is 39.2 Å². The van der Waals surface area contributed by atoms with Crippen LogP contribution in [0.2, 0.25) is 5.02 Å². The molecule has 0 saturated carbocycles. The number of piperidine rings is 1. The van der Waals surface area contributed by atoms with Crippen molar-refractivity contribution in [3.8, 4) is 0 Å². The number of nitrogens with one attached hydrogen (secondary N) is 1. The topological polar surface area (TPSA) is 87.7 Å². The first-order chi connectivity index (χ1) is 18.9. The second kappa shape index (κ2) is 12.4. The van der Waals surface area contributed by atoms with E-state index in [0.29, 0.717) is 56.5 Å². The van der Waals surface area contributed by atoms with Gasteiger partial charge >= 0.3 is 5.97 Å². The molecule has 11 heteroatoms. The SMILES string of the molecule is CCOC(=O)CC1CCCN(C/C=C/C(=O)N2CCc3c(sc4ncnc(Nc5ccc(F)c(Cl)c5)c34)C2)C1. The van der Waals surface area contributed by atoms with E-state index < -0.39 is 5.82 Å². The molecule has 1 amide bonds. The number of carbonyl (C=O) groups excluding carboxylic acids is 2. The molecule has 1 unspecified atom stereocenters. The van der Waals surface area contributed by atoms with Gasteiger partial charge in [0.25, 0.3) is 0 Å². The van der Waals surface area contributed by atoms with Crippen LogP contribution in [-0.4, -0.2) is 64.4 Å². The molecule has 0 bridgehead atoms.